The Morgan fingerprint density at radius 2 is 1.18 bits per heavy atom. The van der Waals surface area contributed by atoms with Crippen molar-refractivity contribution in [2.24, 2.45) is 0 Å². The zero-order valence-corrected chi connectivity index (χ0v) is 15.8. The van der Waals surface area contributed by atoms with E-state index in [-0.39, 0.29) is 16.7 Å². The molecule has 0 atom stereocenters. The molecular weight excluding hydrogens is 425 g/mol. The minimum atomic E-state index is -6.58. The van der Waals surface area contributed by atoms with Crippen molar-refractivity contribution in [1.29, 1.82) is 0 Å². The molecule has 0 unspecified atom stereocenters. The topological polar surface area (TPSA) is 68.3 Å². The molecule has 0 aliphatic heterocycles. The Morgan fingerprint density at radius 3 is 1.41 bits per heavy atom. The van der Waals surface area contributed by atoms with Gasteiger partial charge in [-0.2, -0.15) is 26.3 Å². The highest BCUT2D eigenvalue weighted by Gasteiger charge is 2.62. The van der Waals surface area contributed by atoms with Crippen molar-refractivity contribution >= 4 is 53.1 Å². The molecule has 0 aromatic carbocycles. The fourth-order valence-corrected chi connectivity index (χ4v) is 5.51. The van der Waals surface area contributed by atoms with Crippen LogP contribution < -0.4 is 0 Å². The van der Waals surface area contributed by atoms with Crippen molar-refractivity contribution in [3.05, 3.63) is 0 Å². The predicted molar refractivity (Wildman–Crippen MR) is 72.0 cm³/mol. The minimum absolute atomic E-state index is 0.0865. The normalized spacial score (nSPS) is 15.5. The van der Waals surface area contributed by atoms with Gasteiger partial charge in [-0.1, -0.05) is 0 Å². The summed E-state index contributed by atoms with van der Waals surface area (Å²) in [6.45, 7) is 0. The van der Waals surface area contributed by atoms with Crippen LogP contribution in [0.5, 0.6) is 0 Å². The Morgan fingerprint density at radius 1 is 0.864 bits per heavy atom. The minimum Gasteiger partial charge on any atom is -0.218 e. The van der Waals surface area contributed by atoms with E-state index in [1.54, 1.807) is 0 Å². The lowest BCUT2D eigenvalue weighted by Gasteiger charge is -2.21. The Hall–Kier alpha value is 0.277. The van der Waals surface area contributed by atoms with Crippen molar-refractivity contribution in [3.8, 4) is 0 Å². The molecule has 0 amide bonds. The average molecular weight is 435 g/mol. The van der Waals surface area contributed by atoms with E-state index in [9.17, 15) is 43.2 Å². The number of halogens is 8. The second-order valence-corrected chi connectivity index (χ2v) is 13.8. The van der Waals surface area contributed by atoms with Crippen LogP contribution in [0.1, 0.15) is 19.3 Å². The highest BCUT2D eigenvalue weighted by atomic mass is 35.5. The molecular formula is C7H10Cl2F6O4S2Si. The smallest absolute Gasteiger partial charge is 0.218 e. The van der Waals surface area contributed by atoms with Crippen LogP contribution in [-0.2, 0) is 19.7 Å². The van der Waals surface area contributed by atoms with Gasteiger partial charge in [0.25, 0.3) is 19.7 Å². The summed E-state index contributed by atoms with van der Waals surface area (Å²) < 4.78 is 114. The third-order valence-corrected chi connectivity index (χ3v) is 7.94. The van der Waals surface area contributed by atoms with E-state index in [2.05, 4.69) is 0 Å². The quantitative estimate of drug-likeness (QED) is 0.363. The Bertz CT molecular complexity index is 548. The van der Waals surface area contributed by atoms with Crippen LogP contribution in [0.3, 0.4) is 0 Å². The lowest BCUT2D eigenvalue weighted by Crippen LogP contribution is -2.45. The van der Waals surface area contributed by atoms with Gasteiger partial charge in [0, 0.05) is 10.2 Å². The van der Waals surface area contributed by atoms with Crippen molar-refractivity contribution < 1.29 is 43.2 Å². The first kappa shape index (κ1) is 22.3. The van der Waals surface area contributed by atoms with E-state index in [1.165, 1.54) is 0 Å². The average Bonchev–Trinajstić information content (AvgIpc) is 2.18. The van der Waals surface area contributed by atoms with Gasteiger partial charge < -0.3 is 0 Å². The summed E-state index contributed by atoms with van der Waals surface area (Å²) in [5.74, 6) is 0. The van der Waals surface area contributed by atoms with E-state index in [0.717, 1.165) is 0 Å². The van der Waals surface area contributed by atoms with Crippen LogP contribution in [0.25, 0.3) is 0 Å². The molecule has 15 heteroatoms. The van der Waals surface area contributed by atoms with Gasteiger partial charge in [0.1, 0.15) is 0 Å². The summed E-state index contributed by atoms with van der Waals surface area (Å²) in [6, 6.07) is 0. The number of hydrogen-bond donors (Lipinski definition) is 0. The highest BCUT2D eigenvalue weighted by molar-refractivity contribution is 8.09. The van der Waals surface area contributed by atoms with Crippen LogP contribution >= 0.6 is 23.2 Å². The van der Waals surface area contributed by atoms with E-state index in [0.29, 0.717) is 0 Å². The Labute approximate surface area is 135 Å². The molecule has 0 heterocycles. The standard InChI is InChI=1S/C7H10Cl2F6O4S2Si/c8-5(9,22)3-1-2-4(20(16,17)6(10,11)12)21(18,19)7(13,14)15/h4H,1-3H2,22H3. The second-order valence-electron chi connectivity index (χ2n) is 4.37. The van der Waals surface area contributed by atoms with Gasteiger partial charge in [-0.25, -0.2) is 16.8 Å². The van der Waals surface area contributed by atoms with Gasteiger partial charge in [0.2, 0.25) is 0 Å². The molecule has 22 heavy (non-hydrogen) atoms. The number of alkyl halides is 8. The van der Waals surface area contributed by atoms with Crippen LogP contribution in [0, 0.1) is 0 Å². The lowest BCUT2D eigenvalue weighted by molar-refractivity contribution is -0.0472. The molecule has 134 valence electrons. The fourth-order valence-electron chi connectivity index (χ4n) is 1.35. The summed E-state index contributed by atoms with van der Waals surface area (Å²) in [5.41, 5.74) is -12.3. The van der Waals surface area contributed by atoms with Crippen molar-refractivity contribution in [1.82, 2.24) is 0 Å². The third kappa shape index (κ3) is 5.42. The first-order valence-electron chi connectivity index (χ1n) is 5.32. The molecule has 0 rings (SSSR count). The van der Waals surface area contributed by atoms with Crippen molar-refractivity contribution in [2.75, 3.05) is 0 Å². The largest absolute Gasteiger partial charge is 0.498 e. The summed E-state index contributed by atoms with van der Waals surface area (Å²) in [5, 5.41) is 0. The van der Waals surface area contributed by atoms with Crippen LogP contribution in [0.4, 0.5) is 26.3 Å². The van der Waals surface area contributed by atoms with Gasteiger partial charge in [0.05, 0.1) is 3.96 Å². The first-order chi connectivity index (χ1) is 9.34. The Kier molecular flexibility index (Phi) is 6.73. The van der Waals surface area contributed by atoms with Crippen molar-refractivity contribution in [2.45, 2.75) is 38.8 Å². The molecule has 0 bridgehead atoms. The zero-order chi connectivity index (χ0) is 18.2. The molecule has 0 saturated carbocycles. The molecule has 0 aliphatic carbocycles. The maximum absolute atomic E-state index is 12.4. The van der Waals surface area contributed by atoms with Gasteiger partial charge in [-0.3, -0.25) is 0 Å². The van der Waals surface area contributed by atoms with E-state index in [4.69, 9.17) is 23.2 Å². The maximum atomic E-state index is 12.4. The third-order valence-electron chi connectivity index (χ3n) is 2.39. The number of sulfone groups is 2. The predicted octanol–water partition coefficient (Wildman–Crippen LogP) is 1.85. The summed E-state index contributed by atoms with van der Waals surface area (Å²) in [6.07, 6.45) is -2.42. The molecule has 0 radical (unpaired) electrons. The van der Waals surface area contributed by atoms with Crippen LogP contribution in [0.15, 0.2) is 0 Å². The molecule has 0 N–H and O–H groups in total. The highest BCUT2D eigenvalue weighted by Crippen LogP contribution is 2.38. The molecule has 0 saturated heterocycles. The SMILES string of the molecule is O=S(=O)(C(CCCC([SiH3])(Cl)Cl)S(=O)(=O)C(F)(F)F)C(F)(F)F. The van der Waals surface area contributed by atoms with E-state index < -0.39 is 52.1 Å². The van der Waals surface area contributed by atoms with Gasteiger partial charge >= 0.3 is 11.0 Å². The molecule has 0 fully saturated rings. The molecule has 0 aromatic heterocycles. The van der Waals surface area contributed by atoms with E-state index >= 15 is 0 Å². The van der Waals surface area contributed by atoms with E-state index in [1.807, 2.05) is 0 Å². The number of hydrogen-bond acceptors (Lipinski definition) is 4. The summed E-state index contributed by atoms with van der Waals surface area (Å²) in [7, 11) is -13.1. The molecule has 0 spiro atoms. The van der Waals surface area contributed by atoms with Gasteiger partial charge in [-0.05, 0) is 19.3 Å². The molecule has 0 aliphatic rings. The number of rotatable bonds is 6. The van der Waals surface area contributed by atoms with Crippen LogP contribution in [-0.4, -0.2) is 46.6 Å². The van der Waals surface area contributed by atoms with Gasteiger partial charge in [-0.15, -0.1) is 23.2 Å². The fraction of sp³-hybridized carbons (Fsp3) is 1.00. The van der Waals surface area contributed by atoms with Gasteiger partial charge in [0.15, 0.2) is 4.58 Å². The zero-order valence-electron chi connectivity index (χ0n) is 10.7. The Balaban J connectivity index is 5.76. The second kappa shape index (κ2) is 6.65. The maximum Gasteiger partial charge on any atom is 0.498 e. The monoisotopic (exact) mass is 434 g/mol. The summed E-state index contributed by atoms with van der Waals surface area (Å²) >= 11 is 11.0. The molecule has 4 nitrogen and oxygen atoms in total. The molecule has 0 aromatic rings. The lowest BCUT2D eigenvalue weighted by atomic mass is 10.3. The first-order valence-corrected chi connectivity index (χ1v) is 10.2. The summed E-state index contributed by atoms with van der Waals surface area (Å²) in [4.78, 5) is 0. The van der Waals surface area contributed by atoms with Crippen LogP contribution in [0.2, 0.25) is 0 Å². The van der Waals surface area contributed by atoms with Crippen molar-refractivity contribution in [3.63, 3.8) is 0 Å².